The third kappa shape index (κ3) is 3.41. The van der Waals surface area contributed by atoms with Gasteiger partial charge in [0.1, 0.15) is 17.7 Å². The number of benzene rings is 1. The second-order valence-corrected chi connectivity index (χ2v) is 3.68. The van der Waals surface area contributed by atoms with E-state index in [0.717, 1.165) is 13.2 Å². The second-order valence-electron chi connectivity index (χ2n) is 3.68. The van der Waals surface area contributed by atoms with Crippen molar-refractivity contribution in [2.24, 2.45) is 0 Å². The van der Waals surface area contributed by atoms with Crippen molar-refractivity contribution in [3.05, 3.63) is 29.6 Å². The minimum atomic E-state index is -1.50. The van der Waals surface area contributed by atoms with Gasteiger partial charge in [-0.2, -0.15) is 0 Å². The fourth-order valence-electron chi connectivity index (χ4n) is 1.45. The second kappa shape index (κ2) is 6.32. The van der Waals surface area contributed by atoms with Gasteiger partial charge in [0, 0.05) is 11.6 Å². The number of aliphatic hydroxyl groups excluding tert-OH is 2. The molecule has 0 aliphatic carbocycles. The van der Waals surface area contributed by atoms with Gasteiger partial charge in [-0.15, -0.1) is 0 Å². The summed E-state index contributed by atoms with van der Waals surface area (Å²) < 4.78 is 22.8. The molecular weight excluding hydrogens is 243 g/mol. The summed E-state index contributed by atoms with van der Waals surface area (Å²) in [6, 6.07) is 3.83. The van der Waals surface area contributed by atoms with Gasteiger partial charge in [0.25, 0.3) is 0 Å². The number of methoxy groups -OCH3 is 2. The number of carbonyl (C=O) groups excluding carboxylic acids is 1. The standard InChI is InChI=1S/C12H15FO5/c1-17-7-3-4-8(9(13)5-7)12(16)10(14)6-11(15)18-2/h3-5,10,12,14,16H,6H2,1-2H3. The van der Waals surface area contributed by atoms with Crippen molar-refractivity contribution in [3.8, 4) is 5.75 Å². The molecule has 0 fully saturated rings. The fraction of sp³-hybridized carbons (Fsp3) is 0.417. The highest BCUT2D eigenvalue weighted by Crippen LogP contribution is 2.25. The van der Waals surface area contributed by atoms with Crippen molar-refractivity contribution in [3.63, 3.8) is 0 Å². The average Bonchev–Trinajstić information content (AvgIpc) is 2.37. The lowest BCUT2D eigenvalue weighted by Crippen LogP contribution is -2.23. The average molecular weight is 258 g/mol. The Morgan fingerprint density at radius 1 is 1.39 bits per heavy atom. The quantitative estimate of drug-likeness (QED) is 0.764. The summed E-state index contributed by atoms with van der Waals surface area (Å²) in [5.74, 6) is -1.10. The summed E-state index contributed by atoms with van der Waals surface area (Å²) in [4.78, 5) is 10.9. The topological polar surface area (TPSA) is 76.0 Å². The van der Waals surface area contributed by atoms with Gasteiger partial charge >= 0.3 is 5.97 Å². The Morgan fingerprint density at radius 3 is 2.56 bits per heavy atom. The van der Waals surface area contributed by atoms with E-state index in [4.69, 9.17) is 4.74 Å². The molecule has 0 aromatic heterocycles. The summed E-state index contributed by atoms with van der Waals surface area (Å²) in [5.41, 5.74) is -0.104. The lowest BCUT2D eigenvalue weighted by atomic mass is 10.0. The zero-order valence-electron chi connectivity index (χ0n) is 10.1. The molecule has 2 unspecified atom stereocenters. The van der Waals surface area contributed by atoms with Crippen LogP contribution in [0, 0.1) is 5.82 Å². The first-order chi connectivity index (χ1) is 8.49. The van der Waals surface area contributed by atoms with Crippen LogP contribution in [-0.2, 0) is 9.53 Å². The number of hydrogen-bond donors (Lipinski definition) is 2. The molecule has 1 aromatic rings. The van der Waals surface area contributed by atoms with Crippen LogP contribution < -0.4 is 4.74 Å². The molecule has 0 saturated carbocycles. The fourth-order valence-corrected chi connectivity index (χ4v) is 1.45. The summed E-state index contributed by atoms with van der Waals surface area (Å²) in [5, 5.41) is 19.3. The molecule has 2 N–H and O–H groups in total. The van der Waals surface area contributed by atoms with Crippen molar-refractivity contribution in [1.29, 1.82) is 0 Å². The molecule has 0 amide bonds. The Morgan fingerprint density at radius 2 is 2.06 bits per heavy atom. The Labute approximate surface area is 104 Å². The maximum Gasteiger partial charge on any atom is 0.308 e. The first-order valence-electron chi connectivity index (χ1n) is 5.26. The zero-order chi connectivity index (χ0) is 13.7. The molecule has 5 nitrogen and oxygen atoms in total. The molecule has 100 valence electrons. The van der Waals surface area contributed by atoms with Crippen molar-refractivity contribution >= 4 is 5.97 Å². The molecular formula is C12H15FO5. The van der Waals surface area contributed by atoms with E-state index < -0.39 is 30.4 Å². The minimum absolute atomic E-state index is 0.104. The smallest absolute Gasteiger partial charge is 0.308 e. The summed E-state index contributed by atoms with van der Waals surface area (Å²) in [6.07, 6.45) is -3.35. The maximum atomic E-state index is 13.6. The van der Waals surface area contributed by atoms with Gasteiger partial charge < -0.3 is 19.7 Å². The number of carbonyl (C=O) groups is 1. The Balaban J connectivity index is 2.83. The molecule has 0 spiro atoms. The molecule has 0 saturated heterocycles. The van der Waals surface area contributed by atoms with Crippen LogP contribution in [0.15, 0.2) is 18.2 Å². The number of aliphatic hydroxyl groups is 2. The van der Waals surface area contributed by atoms with Gasteiger partial charge in [-0.25, -0.2) is 4.39 Å². The molecule has 18 heavy (non-hydrogen) atoms. The number of rotatable bonds is 5. The molecule has 6 heteroatoms. The highest BCUT2D eigenvalue weighted by atomic mass is 19.1. The van der Waals surface area contributed by atoms with Gasteiger partial charge in [-0.1, -0.05) is 0 Å². The van der Waals surface area contributed by atoms with Crippen LogP contribution in [0.3, 0.4) is 0 Å². The normalized spacial score (nSPS) is 13.8. The number of hydrogen-bond acceptors (Lipinski definition) is 5. The van der Waals surface area contributed by atoms with Gasteiger partial charge in [0.05, 0.1) is 26.7 Å². The van der Waals surface area contributed by atoms with Gasteiger partial charge in [0.2, 0.25) is 0 Å². The number of halogens is 1. The van der Waals surface area contributed by atoms with Crippen LogP contribution in [0.5, 0.6) is 5.75 Å². The van der Waals surface area contributed by atoms with Crippen LogP contribution in [0.1, 0.15) is 18.1 Å². The molecule has 0 aliphatic heterocycles. The highest BCUT2D eigenvalue weighted by molar-refractivity contribution is 5.69. The van der Waals surface area contributed by atoms with Gasteiger partial charge in [0.15, 0.2) is 0 Å². The van der Waals surface area contributed by atoms with E-state index >= 15 is 0 Å². The van der Waals surface area contributed by atoms with E-state index in [1.165, 1.54) is 19.2 Å². The molecule has 0 bridgehead atoms. The van der Waals surface area contributed by atoms with Crippen LogP contribution in [0.4, 0.5) is 4.39 Å². The summed E-state index contributed by atoms with van der Waals surface area (Å²) >= 11 is 0. The third-order valence-corrected chi connectivity index (χ3v) is 2.49. The van der Waals surface area contributed by atoms with Gasteiger partial charge in [-0.3, -0.25) is 4.79 Å². The first-order valence-corrected chi connectivity index (χ1v) is 5.26. The van der Waals surface area contributed by atoms with E-state index in [0.29, 0.717) is 5.75 Å². The SMILES string of the molecule is COC(=O)CC(O)C(O)c1ccc(OC)cc1F. The Kier molecular flexibility index (Phi) is 5.06. The van der Waals surface area contributed by atoms with E-state index in [1.54, 1.807) is 0 Å². The highest BCUT2D eigenvalue weighted by Gasteiger charge is 2.24. The van der Waals surface area contributed by atoms with Gasteiger partial charge in [-0.05, 0) is 12.1 Å². The zero-order valence-corrected chi connectivity index (χ0v) is 10.1. The molecule has 0 heterocycles. The summed E-state index contributed by atoms with van der Waals surface area (Å²) in [7, 11) is 2.55. The molecule has 0 aliphatic rings. The van der Waals surface area contributed by atoms with Crippen LogP contribution in [0.2, 0.25) is 0 Å². The van der Waals surface area contributed by atoms with Crippen LogP contribution in [-0.4, -0.2) is 36.5 Å². The molecule has 0 radical (unpaired) electrons. The van der Waals surface area contributed by atoms with Crippen molar-refractivity contribution in [2.45, 2.75) is 18.6 Å². The van der Waals surface area contributed by atoms with Crippen LogP contribution in [0.25, 0.3) is 0 Å². The molecule has 1 rings (SSSR count). The lowest BCUT2D eigenvalue weighted by Gasteiger charge is -2.18. The number of esters is 1. The van der Waals surface area contributed by atoms with E-state index in [-0.39, 0.29) is 5.56 Å². The van der Waals surface area contributed by atoms with E-state index in [2.05, 4.69) is 4.74 Å². The van der Waals surface area contributed by atoms with E-state index in [1.807, 2.05) is 0 Å². The van der Waals surface area contributed by atoms with Crippen molar-refractivity contribution < 1.29 is 28.9 Å². The van der Waals surface area contributed by atoms with Crippen molar-refractivity contribution in [1.82, 2.24) is 0 Å². The summed E-state index contributed by atoms with van der Waals surface area (Å²) in [6.45, 7) is 0. The number of ether oxygens (including phenoxy) is 2. The Hall–Kier alpha value is -1.66. The van der Waals surface area contributed by atoms with E-state index in [9.17, 15) is 19.4 Å². The Bertz CT molecular complexity index is 421. The monoisotopic (exact) mass is 258 g/mol. The third-order valence-electron chi connectivity index (χ3n) is 2.49. The van der Waals surface area contributed by atoms with Crippen molar-refractivity contribution in [2.75, 3.05) is 14.2 Å². The predicted molar refractivity (Wildman–Crippen MR) is 60.6 cm³/mol. The minimum Gasteiger partial charge on any atom is -0.497 e. The largest absolute Gasteiger partial charge is 0.497 e. The van der Waals surface area contributed by atoms with Crippen LogP contribution >= 0.6 is 0 Å². The lowest BCUT2D eigenvalue weighted by molar-refractivity contribution is -0.144. The first kappa shape index (κ1) is 14.4. The molecule has 2 atom stereocenters. The predicted octanol–water partition coefficient (Wildman–Crippen LogP) is 0.792. The molecule has 1 aromatic carbocycles. The maximum absolute atomic E-state index is 13.6.